The lowest BCUT2D eigenvalue weighted by molar-refractivity contribution is 0.0606. The van der Waals surface area contributed by atoms with Crippen LogP contribution in [0.25, 0.3) is 0 Å². The molecule has 0 spiro atoms. The van der Waals surface area contributed by atoms with Crippen molar-refractivity contribution in [2.75, 3.05) is 45.4 Å². The summed E-state index contributed by atoms with van der Waals surface area (Å²) in [6.45, 7) is 3.00. The summed E-state index contributed by atoms with van der Waals surface area (Å²) in [5.41, 5.74) is 0.444. The topological polar surface area (TPSA) is 67.8 Å². The summed E-state index contributed by atoms with van der Waals surface area (Å²) >= 11 is 0. The van der Waals surface area contributed by atoms with Crippen molar-refractivity contribution in [1.82, 2.24) is 14.9 Å². The van der Waals surface area contributed by atoms with Gasteiger partial charge in [-0.05, 0) is 25.3 Å². The van der Waals surface area contributed by atoms with Gasteiger partial charge in [0.05, 0.1) is 18.8 Å². The molecule has 3 rings (SSSR count). The molecule has 2 aliphatic rings. The predicted molar refractivity (Wildman–Crippen MR) is 85.6 cm³/mol. The second kappa shape index (κ2) is 7.23. The van der Waals surface area contributed by atoms with E-state index in [1.54, 1.807) is 26.5 Å². The summed E-state index contributed by atoms with van der Waals surface area (Å²) in [6.07, 6.45) is 4.82. The van der Waals surface area contributed by atoms with E-state index in [1.165, 1.54) is 0 Å². The van der Waals surface area contributed by atoms with E-state index in [9.17, 15) is 4.79 Å². The Balaban J connectivity index is 1.77. The molecule has 1 aromatic heterocycles. The zero-order chi connectivity index (χ0) is 16.2. The van der Waals surface area contributed by atoms with Gasteiger partial charge >= 0.3 is 0 Å². The molecule has 0 bridgehead atoms. The largest absolute Gasteiger partial charge is 0.383 e. The van der Waals surface area contributed by atoms with Crippen molar-refractivity contribution in [2.45, 2.75) is 31.4 Å². The van der Waals surface area contributed by atoms with Crippen LogP contribution in [0.2, 0.25) is 0 Å². The molecule has 0 radical (unpaired) electrons. The zero-order valence-electron chi connectivity index (χ0n) is 13.8. The van der Waals surface area contributed by atoms with Crippen LogP contribution >= 0.6 is 0 Å². The first-order chi connectivity index (χ1) is 11.2. The first-order valence-electron chi connectivity index (χ1n) is 8.13. The van der Waals surface area contributed by atoms with Gasteiger partial charge in [-0.25, -0.2) is 9.97 Å². The Labute approximate surface area is 136 Å². The van der Waals surface area contributed by atoms with Crippen LogP contribution in [0.5, 0.6) is 0 Å². The van der Waals surface area contributed by atoms with Crippen LogP contribution in [0.1, 0.15) is 29.8 Å². The molecule has 126 valence electrons. The highest BCUT2D eigenvalue weighted by Gasteiger charge is 2.36. The van der Waals surface area contributed by atoms with Crippen LogP contribution in [0.15, 0.2) is 12.3 Å². The van der Waals surface area contributed by atoms with E-state index >= 15 is 0 Å². The van der Waals surface area contributed by atoms with Crippen LogP contribution in [-0.2, 0) is 9.47 Å². The van der Waals surface area contributed by atoms with Gasteiger partial charge in [0.25, 0.3) is 5.91 Å². The quantitative estimate of drug-likeness (QED) is 0.805. The van der Waals surface area contributed by atoms with Gasteiger partial charge in [-0.2, -0.15) is 0 Å². The highest BCUT2D eigenvalue weighted by molar-refractivity contribution is 5.93. The SMILES string of the molecule is COC[C@@H]1C[C@@H](OC)CN1C(=O)c1ccnc(N2CCCC2)n1. The van der Waals surface area contributed by atoms with Crippen molar-refractivity contribution < 1.29 is 14.3 Å². The van der Waals surface area contributed by atoms with Gasteiger partial charge in [-0.1, -0.05) is 0 Å². The van der Waals surface area contributed by atoms with Crippen LogP contribution in [0.3, 0.4) is 0 Å². The number of methoxy groups -OCH3 is 2. The molecule has 0 N–H and O–H groups in total. The Bertz CT molecular complexity index is 548. The molecule has 23 heavy (non-hydrogen) atoms. The number of anilines is 1. The van der Waals surface area contributed by atoms with E-state index < -0.39 is 0 Å². The minimum absolute atomic E-state index is 0.0302. The van der Waals surface area contributed by atoms with Gasteiger partial charge in [0.1, 0.15) is 5.69 Å². The van der Waals surface area contributed by atoms with Crippen molar-refractivity contribution in [3.63, 3.8) is 0 Å². The van der Waals surface area contributed by atoms with Gasteiger partial charge in [0, 0.05) is 40.1 Å². The Kier molecular flexibility index (Phi) is 5.07. The van der Waals surface area contributed by atoms with Gasteiger partial charge in [-0.3, -0.25) is 4.79 Å². The number of carbonyl (C=O) groups excluding carboxylic acids is 1. The summed E-state index contributed by atoms with van der Waals surface area (Å²) in [7, 11) is 3.33. The normalized spacial score (nSPS) is 24.4. The van der Waals surface area contributed by atoms with Crippen LogP contribution in [-0.4, -0.2) is 73.4 Å². The number of ether oxygens (including phenoxy) is 2. The molecule has 2 aliphatic heterocycles. The number of carbonyl (C=O) groups is 1. The summed E-state index contributed by atoms with van der Waals surface area (Å²) in [6, 6.07) is 1.72. The average molecular weight is 320 g/mol. The monoisotopic (exact) mass is 320 g/mol. The Morgan fingerprint density at radius 3 is 2.83 bits per heavy atom. The number of hydrogen-bond acceptors (Lipinski definition) is 6. The molecule has 0 saturated carbocycles. The lowest BCUT2D eigenvalue weighted by Crippen LogP contribution is -2.39. The Hall–Kier alpha value is -1.73. The summed E-state index contributed by atoms with van der Waals surface area (Å²) in [5, 5.41) is 0. The van der Waals surface area contributed by atoms with Gasteiger partial charge in [-0.15, -0.1) is 0 Å². The van der Waals surface area contributed by atoms with E-state index in [2.05, 4.69) is 14.9 Å². The highest BCUT2D eigenvalue weighted by Crippen LogP contribution is 2.23. The molecule has 2 atom stereocenters. The number of aromatic nitrogens is 2. The lowest BCUT2D eigenvalue weighted by Gasteiger charge is -2.24. The van der Waals surface area contributed by atoms with E-state index in [0.717, 1.165) is 32.4 Å². The third kappa shape index (κ3) is 3.45. The smallest absolute Gasteiger partial charge is 0.273 e. The zero-order valence-corrected chi connectivity index (χ0v) is 13.8. The minimum atomic E-state index is -0.0746. The van der Waals surface area contributed by atoms with Crippen LogP contribution in [0, 0.1) is 0 Å². The van der Waals surface area contributed by atoms with Crippen LogP contribution < -0.4 is 4.90 Å². The second-order valence-corrected chi connectivity index (χ2v) is 6.10. The summed E-state index contributed by atoms with van der Waals surface area (Å²) in [4.78, 5) is 25.6. The molecule has 3 heterocycles. The summed E-state index contributed by atoms with van der Waals surface area (Å²) < 4.78 is 10.7. The van der Waals surface area contributed by atoms with Gasteiger partial charge < -0.3 is 19.3 Å². The molecule has 0 aliphatic carbocycles. The van der Waals surface area contributed by atoms with Crippen molar-refractivity contribution in [3.8, 4) is 0 Å². The minimum Gasteiger partial charge on any atom is -0.383 e. The molecular weight excluding hydrogens is 296 g/mol. The lowest BCUT2D eigenvalue weighted by atomic mass is 10.2. The number of hydrogen-bond donors (Lipinski definition) is 0. The van der Waals surface area contributed by atoms with Crippen molar-refractivity contribution in [2.24, 2.45) is 0 Å². The van der Waals surface area contributed by atoms with Crippen molar-refractivity contribution in [1.29, 1.82) is 0 Å². The van der Waals surface area contributed by atoms with E-state index in [-0.39, 0.29) is 18.1 Å². The Morgan fingerprint density at radius 1 is 1.35 bits per heavy atom. The number of amides is 1. The predicted octanol–water partition coefficient (Wildman–Crippen LogP) is 0.953. The third-order valence-electron chi connectivity index (χ3n) is 4.58. The molecule has 1 amide bonds. The van der Waals surface area contributed by atoms with E-state index in [1.807, 2.05) is 4.90 Å². The molecule has 0 aromatic carbocycles. The fourth-order valence-corrected chi connectivity index (χ4v) is 3.33. The van der Waals surface area contributed by atoms with Crippen LogP contribution in [0.4, 0.5) is 5.95 Å². The molecule has 7 heteroatoms. The maximum Gasteiger partial charge on any atom is 0.273 e. The number of nitrogens with zero attached hydrogens (tertiary/aromatic N) is 4. The number of rotatable bonds is 5. The fourth-order valence-electron chi connectivity index (χ4n) is 3.33. The fraction of sp³-hybridized carbons (Fsp3) is 0.688. The third-order valence-corrected chi connectivity index (χ3v) is 4.58. The molecule has 1 aromatic rings. The number of likely N-dealkylation sites (tertiary alicyclic amines) is 1. The molecule has 2 saturated heterocycles. The van der Waals surface area contributed by atoms with Gasteiger partial charge in [0.15, 0.2) is 0 Å². The maximum atomic E-state index is 12.9. The molecule has 0 unspecified atom stereocenters. The van der Waals surface area contributed by atoms with Crippen molar-refractivity contribution >= 4 is 11.9 Å². The molecular formula is C16H24N4O3. The van der Waals surface area contributed by atoms with E-state index in [0.29, 0.717) is 24.8 Å². The molecule has 7 nitrogen and oxygen atoms in total. The van der Waals surface area contributed by atoms with E-state index in [4.69, 9.17) is 9.47 Å². The highest BCUT2D eigenvalue weighted by atomic mass is 16.5. The first-order valence-corrected chi connectivity index (χ1v) is 8.13. The van der Waals surface area contributed by atoms with Gasteiger partial charge in [0.2, 0.25) is 5.95 Å². The second-order valence-electron chi connectivity index (χ2n) is 6.10. The average Bonchev–Trinajstić information content (AvgIpc) is 3.24. The Morgan fingerprint density at radius 2 is 2.13 bits per heavy atom. The van der Waals surface area contributed by atoms with Crippen molar-refractivity contribution in [3.05, 3.63) is 18.0 Å². The first kappa shape index (κ1) is 16.1. The summed E-state index contributed by atoms with van der Waals surface area (Å²) in [5.74, 6) is 0.577. The molecule has 2 fully saturated rings. The standard InChI is InChI=1S/C16H24N4O3/c1-22-11-12-9-13(23-2)10-20(12)15(21)14-5-6-17-16(18-14)19-7-3-4-8-19/h5-6,12-13H,3-4,7-11H2,1-2H3/t12-,13+/m0/s1. The maximum absolute atomic E-state index is 12.9.